The monoisotopic (exact) mass is 306 g/mol. The summed E-state index contributed by atoms with van der Waals surface area (Å²) in [6.07, 6.45) is 5.49. The Hall–Kier alpha value is -1.68. The summed E-state index contributed by atoms with van der Waals surface area (Å²) in [6, 6.07) is 10.1. The first-order valence-corrected chi connectivity index (χ1v) is 7.88. The first-order valence-electron chi connectivity index (χ1n) is 7.88. The van der Waals surface area contributed by atoms with E-state index in [0.717, 1.165) is 38.6 Å². The van der Waals surface area contributed by atoms with Crippen molar-refractivity contribution >= 4 is 12.3 Å². The molecular formula is C18H26O4. The third kappa shape index (κ3) is 8.57. The van der Waals surface area contributed by atoms with Crippen molar-refractivity contribution in [2.75, 3.05) is 13.7 Å². The Bertz CT molecular complexity index is 416. The lowest BCUT2D eigenvalue weighted by Gasteiger charge is -2.13. The second-order valence-corrected chi connectivity index (χ2v) is 5.42. The van der Waals surface area contributed by atoms with Gasteiger partial charge in [-0.05, 0) is 30.7 Å². The number of hydrogen-bond donors (Lipinski definition) is 0. The Morgan fingerprint density at radius 2 is 1.95 bits per heavy atom. The average Bonchev–Trinajstić information content (AvgIpc) is 2.56. The number of ether oxygens (including phenoxy) is 2. The zero-order chi connectivity index (χ0) is 16.0. The highest BCUT2D eigenvalue weighted by Crippen LogP contribution is 2.18. The van der Waals surface area contributed by atoms with Crippen molar-refractivity contribution in [1.29, 1.82) is 0 Å². The number of rotatable bonds is 12. The molecule has 4 nitrogen and oxygen atoms in total. The van der Waals surface area contributed by atoms with Gasteiger partial charge in [0.25, 0.3) is 0 Å². The largest absolute Gasteiger partial charge is 0.469 e. The molecule has 1 rings (SSSR count). The normalized spacial score (nSPS) is 11.9. The zero-order valence-electron chi connectivity index (χ0n) is 13.3. The van der Waals surface area contributed by atoms with Gasteiger partial charge >= 0.3 is 5.97 Å². The zero-order valence-corrected chi connectivity index (χ0v) is 13.3. The van der Waals surface area contributed by atoms with Crippen molar-refractivity contribution in [3.05, 3.63) is 35.9 Å². The maximum Gasteiger partial charge on any atom is 0.305 e. The van der Waals surface area contributed by atoms with E-state index in [1.807, 2.05) is 30.3 Å². The van der Waals surface area contributed by atoms with Crippen LogP contribution in [0, 0.1) is 5.92 Å². The number of carbonyl (C=O) groups is 2. The molecule has 0 heterocycles. The Morgan fingerprint density at radius 3 is 2.64 bits per heavy atom. The summed E-state index contributed by atoms with van der Waals surface area (Å²) in [6.45, 7) is 1.36. The molecule has 0 fully saturated rings. The summed E-state index contributed by atoms with van der Waals surface area (Å²) in [5.41, 5.74) is 1.18. The van der Waals surface area contributed by atoms with Gasteiger partial charge in [0.2, 0.25) is 0 Å². The predicted molar refractivity (Wildman–Crippen MR) is 85.4 cm³/mol. The van der Waals surface area contributed by atoms with E-state index in [1.165, 1.54) is 12.7 Å². The van der Waals surface area contributed by atoms with Crippen molar-refractivity contribution in [3.63, 3.8) is 0 Å². The van der Waals surface area contributed by atoms with E-state index in [9.17, 15) is 9.59 Å². The highest BCUT2D eigenvalue weighted by molar-refractivity contribution is 5.69. The fraction of sp³-hybridized carbons (Fsp3) is 0.556. The minimum Gasteiger partial charge on any atom is -0.469 e. The lowest BCUT2D eigenvalue weighted by Crippen LogP contribution is -2.07. The molecule has 0 aliphatic heterocycles. The summed E-state index contributed by atoms with van der Waals surface area (Å²) >= 11 is 0. The fourth-order valence-corrected chi connectivity index (χ4v) is 2.34. The number of benzene rings is 1. The van der Waals surface area contributed by atoms with Crippen molar-refractivity contribution < 1.29 is 19.1 Å². The minimum atomic E-state index is -0.206. The molecule has 0 N–H and O–H groups in total. The minimum absolute atomic E-state index is 0.206. The van der Waals surface area contributed by atoms with Crippen molar-refractivity contribution in [3.8, 4) is 0 Å². The van der Waals surface area contributed by atoms with Crippen LogP contribution in [0.2, 0.25) is 0 Å². The highest BCUT2D eigenvalue weighted by atomic mass is 16.5. The average molecular weight is 306 g/mol. The van der Waals surface area contributed by atoms with E-state index in [4.69, 9.17) is 4.74 Å². The molecule has 4 heteroatoms. The SMILES string of the molecule is COC(=O)CC[C@H](CC=O)CCCCOCc1ccccc1. The lowest BCUT2D eigenvalue weighted by molar-refractivity contribution is -0.141. The van der Waals surface area contributed by atoms with Crippen molar-refractivity contribution in [2.24, 2.45) is 5.92 Å². The van der Waals surface area contributed by atoms with Gasteiger partial charge in [-0.2, -0.15) is 0 Å². The summed E-state index contributed by atoms with van der Waals surface area (Å²) in [4.78, 5) is 21.8. The summed E-state index contributed by atoms with van der Waals surface area (Å²) in [5, 5.41) is 0. The van der Waals surface area contributed by atoms with Gasteiger partial charge in [0.1, 0.15) is 6.29 Å². The number of esters is 1. The molecule has 0 amide bonds. The van der Waals surface area contributed by atoms with E-state index >= 15 is 0 Å². The third-order valence-electron chi connectivity index (χ3n) is 3.68. The number of unbranched alkanes of at least 4 members (excludes halogenated alkanes) is 1. The number of methoxy groups -OCH3 is 1. The highest BCUT2D eigenvalue weighted by Gasteiger charge is 2.11. The summed E-state index contributed by atoms with van der Waals surface area (Å²) in [7, 11) is 1.39. The van der Waals surface area contributed by atoms with Crippen LogP contribution in [-0.4, -0.2) is 26.0 Å². The second kappa shape index (κ2) is 11.9. The molecule has 22 heavy (non-hydrogen) atoms. The van der Waals surface area contributed by atoms with Crippen LogP contribution >= 0.6 is 0 Å². The van der Waals surface area contributed by atoms with E-state index < -0.39 is 0 Å². The van der Waals surface area contributed by atoms with Gasteiger partial charge in [-0.15, -0.1) is 0 Å². The number of carbonyl (C=O) groups excluding carboxylic acids is 2. The summed E-state index contributed by atoms with van der Waals surface area (Å²) in [5.74, 6) is 0.0628. The Balaban J connectivity index is 2.09. The standard InChI is InChI=1S/C18H26O4/c1-21-18(20)11-10-16(12-13-19)7-5-6-14-22-15-17-8-3-2-4-9-17/h2-4,8-9,13,16H,5-7,10-12,14-15H2,1H3/t16-/m1/s1. The quantitative estimate of drug-likeness (QED) is 0.337. The first-order chi connectivity index (χ1) is 10.8. The predicted octanol–water partition coefficient (Wildman–Crippen LogP) is 3.53. The molecule has 0 bridgehead atoms. The van der Waals surface area contributed by atoms with Gasteiger partial charge in [-0.25, -0.2) is 0 Å². The molecule has 0 spiro atoms. The van der Waals surface area contributed by atoms with Crippen LogP contribution < -0.4 is 0 Å². The lowest BCUT2D eigenvalue weighted by atomic mass is 9.94. The molecule has 0 saturated carbocycles. The van der Waals surface area contributed by atoms with Crippen LogP contribution in [0.1, 0.15) is 44.1 Å². The van der Waals surface area contributed by atoms with Gasteiger partial charge < -0.3 is 14.3 Å². The van der Waals surface area contributed by atoms with Gasteiger partial charge in [-0.1, -0.05) is 36.8 Å². The van der Waals surface area contributed by atoms with E-state index in [0.29, 0.717) is 19.4 Å². The Labute approximate surface area is 132 Å². The molecule has 122 valence electrons. The van der Waals surface area contributed by atoms with Gasteiger partial charge in [-0.3, -0.25) is 4.79 Å². The van der Waals surface area contributed by atoms with Crippen molar-refractivity contribution in [1.82, 2.24) is 0 Å². The number of aldehydes is 1. The van der Waals surface area contributed by atoms with E-state index in [2.05, 4.69) is 4.74 Å². The molecular weight excluding hydrogens is 280 g/mol. The molecule has 1 aromatic carbocycles. The molecule has 0 aliphatic rings. The maximum atomic E-state index is 11.1. The molecule has 1 aromatic rings. The van der Waals surface area contributed by atoms with Crippen molar-refractivity contribution in [2.45, 2.75) is 45.1 Å². The van der Waals surface area contributed by atoms with Crippen LogP contribution in [-0.2, 0) is 25.7 Å². The van der Waals surface area contributed by atoms with E-state index in [1.54, 1.807) is 0 Å². The van der Waals surface area contributed by atoms with Crippen LogP contribution in [0.15, 0.2) is 30.3 Å². The third-order valence-corrected chi connectivity index (χ3v) is 3.68. The molecule has 0 aliphatic carbocycles. The molecule has 1 atom stereocenters. The van der Waals surface area contributed by atoms with E-state index in [-0.39, 0.29) is 11.9 Å². The fourth-order valence-electron chi connectivity index (χ4n) is 2.34. The van der Waals surface area contributed by atoms with Crippen LogP contribution in [0.3, 0.4) is 0 Å². The number of hydrogen-bond acceptors (Lipinski definition) is 4. The molecule has 0 saturated heterocycles. The molecule has 0 radical (unpaired) electrons. The van der Waals surface area contributed by atoms with Gasteiger partial charge in [0, 0.05) is 19.4 Å². The second-order valence-electron chi connectivity index (χ2n) is 5.42. The maximum absolute atomic E-state index is 11.1. The van der Waals surface area contributed by atoms with Gasteiger partial charge in [0.05, 0.1) is 13.7 Å². The first kappa shape index (κ1) is 18.4. The van der Waals surface area contributed by atoms with Gasteiger partial charge in [0.15, 0.2) is 0 Å². The molecule has 0 unspecified atom stereocenters. The topological polar surface area (TPSA) is 52.6 Å². The molecule has 0 aromatic heterocycles. The smallest absolute Gasteiger partial charge is 0.305 e. The van der Waals surface area contributed by atoms with Crippen LogP contribution in [0.25, 0.3) is 0 Å². The Morgan fingerprint density at radius 1 is 1.18 bits per heavy atom. The Kier molecular flexibility index (Phi) is 9.96. The van der Waals surface area contributed by atoms with Crippen LogP contribution in [0.4, 0.5) is 0 Å². The van der Waals surface area contributed by atoms with Crippen LogP contribution in [0.5, 0.6) is 0 Å². The summed E-state index contributed by atoms with van der Waals surface area (Å²) < 4.78 is 10.3.